The van der Waals surface area contributed by atoms with Crippen LogP contribution in [0.5, 0.6) is 11.5 Å². The Morgan fingerprint density at radius 3 is 2.04 bits per heavy atom. The summed E-state index contributed by atoms with van der Waals surface area (Å²) in [7, 11) is 0. The lowest BCUT2D eigenvalue weighted by molar-refractivity contribution is -0.131. The topological polar surface area (TPSA) is 52.6 Å². The van der Waals surface area contributed by atoms with E-state index in [-0.39, 0.29) is 15.8 Å². The number of rotatable bonds is 4. The second kappa shape index (κ2) is 8.20. The van der Waals surface area contributed by atoms with Crippen molar-refractivity contribution in [2.24, 2.45) is 0 Å². The van der Waals surface area contributed by atoms with Gasteiger partial charge in [0.2, 0.25) is 0 Å². The highest BCUT2D eigenvalue weighted by Gasteiger charge is 2.12. The molecule has 0 amide bonds. The van der Waals surface area contributed by atoms with E-state index in [2.05, 4.69) is 0 Å². The molecule has 0 aliphatic heterocycles. The summed E-state index contributed by atoms with van der Waals surface area (Å²) in [6, 6.07) is 9.76. The van der Waals surface area contributed by atoms with Crippen LogP contribution in [0.2, 0.25) is 15.1 Å². The van der Waals surface area contributed by atoms with Gasteiger partial charge in [-0.2, -0.15) is 0 Å². The first kappa shape index (κ1) is 18.3. The number of benzene rings is 2. The fourth-order valence-electron chi connectivity index (χ4n) is 1.71. The van der Waals surface area contributed by atoms with Crippen LogP contribution in [0, 0.1) is 6.92 Å². The summed E-state index contributed by atoms with van der Waals surface area (Å²) in [5.74, 6) is -1.17. The fraction of sp³-hybridized carbons (Fsp3) is 0.0588. The summed E-state index contributed by atoms with van der Waals surface area (Å²) in [5, 5.41) is 0.468. The van der Waals surface area contributed by atoms with E-state index in [1.54, 1.807) is 25.1 Å². The number of halogens is 3. The van der Waals surface area contributed by atoms with Gasteiger partial charge in [0, 0.05) is 17.2 Å². The van der Waals surface area contributed by atoms with Crippen molar-refractivity contribution in [3.05, 3.63) is 69.2 Å². The Kier molecular flexibility index (Phi) is 6.26. The number of esters is 2. The van der Waals surface area contributed by atoms with E-state index in [9.17, 15) is 9.59 Å². The molecule has 0 saturated heterocycles. The van der Waals surface area contributed by atoms with E-state index in [1.165, 1.54) is 12.1 Å². The molecular weight excluding hydrogens is 375 g/mol. The third kappa shape index (κ3) is 4.99. The highest BCUT2D eigenvalue weighted by molar-refractivity contribution is 6.40. The number of carbonyl (C=O) groups is 2. The zero-order chi connectivity index (χ0) is 17.7. The summed E-state index contributed by atoms with van der Waals surface area (Å²) in [5.41, 5.74) is 0.793. The van der Waals surface area contributed by atoms with E-state index >= 15 is 0 Å². The van der Waals surface area contributed by atoms with Crippen molar-refractivity contribution in [3.63, 3.8) is 0 Å². The Hall–Kier alpha value is -2.01. The van der Waals surface area contributed by atoms with Gasteiger partial charge in [0.15, 0.2) is 5.75 Å². The first-order valence-electron chi connectivity index (χ1n) is 6.68. The molecule has 0 N–H and O–H groups in total. The molecule has 0 radical (unpaired) electrons. The second-order valence-corrected chi connectivity index (χ2v) is 5.89. The molecule has 2 aromatic carbocycles. The average molecular weight is 386 g/mol. The first-order valence-corrected chi connectivity index (χ1v) is 7.82. The van der Waals surface area contributed by atoms with Crippen LogP contribution in [0.4, 0.5) is 0 Å². The first-order chi connectivity index (χ1) is 11.4. The van der Waals surface area contributed by atoms with E-state index in [4.69, 9.17) is 44.3 Å². The number of carbonyl (C=O) groups excluding carboxylic acids is 2. The van der Waals surface area contributed by atoms with Crippen molar-refractivity contribution in [2.75, 3.05) is 0 Å². The smallest absolute Gasteiger partial charge is 0.336 e. The van der Waals surface area contributed by atoms with Gasteiger partial charge in [-0.15, -0.1) is 0 Å². The molecule has 7 heteroatoms. The monoisotopic (exact) mass is 384 g/mol. The maximum absolute atomic E-state index is 11.8. The van der Waals surface area contributed by atoms with Crippen molar-refractivity contribution in [3.8, 4) is 11.5 Å². The van der Waals surface area contributed by atoms with E-state index in [0.717, 1.165) is 17.7 Å². The molecule has 0 bridgehead atoms. The average Bonchev–Trinajstić information content (AvgIpc) is 2.51. The van der Waals surface area contributed by atoms with Gasteiger partial charge in [0.25, 0.3) is 0 Å². The molecule has 0 atom stereocenters. The number of para-hydroxylation sites is 1. The molecule has 0 fully saturated rings. The van der Waals surface area contributed by atoms with Crippen LogP contribution in [-0.2, 0) is 9.59 Å². The maximum atomic E-state index is 11.8. The molecule has 0 saturated carbocycles. The van der Waals surface area contributed by atoms with Crippen LogP contribution >= 0.6 is 34.8 Å². The fourth-order valence-corrected chi connectivity index (χ4v) is 2.60. The minimum absolute atomic E-state index is 0.0374. The number of hydrogen-bond acceptors (Lipinski definition) is 4. The summed E-state index contributed by atoms with van der Waals surface area (Å²) in [6.07, 6.45) is 1.87. The van der Waals surface area contributed by atoms with Crippen LogP contribution in [0.15, 0.2) is 48.6 Å². The van der Waals surface area contributed by atoms with Gasteiger partial charge in [0.1, 0.15) is 5.75 Å². The maximum Gasteiger partial charge on any atom is 0.336 e. The quantitative estimate of drug-likeness (QED) is 0.421. The highest BCUT2D eigenvalue weighted by Crippen LogP contribution is 2.35. The standard InChI is InChI=1S/C17H11Cl3O4/c1-10-4-2-3-5-14(10)23-15(21)6-7-16(22)24-17-12(19)8-11(18)9-13(17)20/h2-9H,1H3/b7-6+. The van der Waals surface area contributed by atoms with Gasteiger partial charge in [-0.25, -0.2) is 9.59 Å². The normalized spacial score (nSPS) is 10.7. The van der Waals surface area contributed by atoms with Crippen LogP contribution in [-0.4, -0.2) is 11.9 Å². The third-order valence-electron chi connectivity index (χ3n) is 2.83. The van der Waals surface area contributed by atoms with Gasteiger partial charge in [-0.1, -0.05) is 53.0 Å². The Morgan fingerprint density at radius 2 is 1.46 bits per heavy atom. The number of ether oxygens (including phenoxy) is 2. The van der Waals surface area contributed by atoms with Gasteiger partial charge < -0.3 is 9.47 Å². The Balaban J connectivity index is 2.01. The third-order valence-corrected chi connectivity index (χ3v) is 3.61. The molecule has 0 unspecified atom stereocenters. The summed E-state index contributed by atoms with van der Waals surface area (Å²) < 4.78 is 10.1. The van der Waals surface area contributed by atoms with Crippen molar-refractivity contribution < 1.29 is 19.1 Å². The van der Waals surface area contributed by atoms with E-state index < -0.39 is 11.9 Å². The summed E-state index contributed by atoms with van der Waals surface area (Å²) >= 11 is 17.6. The van der Waals surface area contributed by atoms with Crippen molar-refractivity contribution in [1.29, 1.82) is 0 Å². The molecule has 2 rings (SSSR count). The molecule has 124 valence electrons. The predicted octanol–water partition coefficient (Wildman–Crippen LogP) is 5.02. The molecule has 0 spiro atoms. The van der Waals surface area contributed by atoms with Gasteiger partial charge in [-0.3, -0.25) is 0 Å². The minimum Gasteiger partial charge on any atom is -0.423 e. The molecule has 24 heavy (non-hydrogen) atoms. The molecular formula is C17H11Cl3O4. The zero-order valence-corrected chi connectivity index (χ0v) is 14.7. The van der Waals surface area contributed by atoms with Crippen LogP contribution in [0.3, 0.4) is 0 Å². The lowest BCUT2D eigenvalue weighted by Crippen LogP contribution is -2.09. The van der Waals surface area contributed by atoms with Crippen molar-refractivity contribution in [2.45, 2.75) is 6.92 Å². The molecule has 0 heterocycles. The highest BCUT2D eigenvalue weighted by atomic mass is 35.5. The molecule has 0 aromatic heterocycles. The largest absolute Gasteiger partial charge is 0.423 e. The Morgan fingerprint density at radius 1 is 0.917 bits per heavy atom. The van der Waals surface area contributed by atoms with Gasteiger partial charge in [-0.05, 0) is 30.7 Å². The van der Waals surface area contributed by atoms with Gasteiger partial charge in [0.05, 0.1) is 10.0 Å². The SMILES string of the molecule is Cc1ccccc1OC(=O)/C=C/C(=O)Oc1c(Cl)cc(Cl)cc1Cl. The van der Waals surface area contributed by atoms with Crippen LogP contribution in [0.1, 0.15) is 5.56 Å². The lowest BCUT2D eigenvalue weighted by Gasteiger charge is -2.07. The molecule has 0 aliphatic carbocycles. The van der Waals surface area contributed by atoms with Crippen molar-refractivity contribution in [1.82, 2.24) is 0 Å². The zero-order valence-electron chi connectivity index (χ0n) is 12.4. The predicted molar refractivity (Wildman–Crippen MR) is 93.1 cm³/mol. The summed E-state index contributed by atoms with van der Waals surface area (Å²) in [4.78, 5) is 23.5. The van der Waals surface area contributed by atoms with Crippen LogP contribution in [0.25, 0.3) is 0 Å². The molecule has 4 nitrogen and oxygen atoms in total. The van der Waals surface area contributed by atoms with E-state index in [0.29, 0.717) is 10.8 Å². The van der Waals surface area contributed by atoms with Gasteiger partial charge >= 0.3 is 11.9 Å². The molecule has 2 aromatic rings. The number of hydrogen-bond donors (Lipinski definition) is 0. The second-order valence-electron chi connectivity index (χ2n) is 4.64. The minimum atomic E-state index is -0.831. The molecule has 0 aliphatic rings. The Bertz CT molecular complexity index is 792. The lowest BCUT2D eigenvalue weighted by atomic mass is 10.2. The summed E-state index contributed by atoms with van der Waals surface area (Å²) in [6.45, 7) is 1.80. The Labute approximate surface area is 153 Å². The van der Waals surface area contributed by atoms with E-state index in [1.807, 2.05) is 6.07 Å². The number of aryl methyl sites for hydroxylation is 1. The van der Waals surface area contributed by atoms with Crippen molar-refractivity contribution >= 4 is 46.7 Å². The van der Waals surface area contributed by atoms with Crippen LogP contribution < -0.4 is 9.47 Å².